The van der Waals surface area contributed by atoms with Crippen LogP contribution in [-0.4, -0.2) is 52.8 Å². The Bertz CT molecular complexity index is 717. The number of anilines is 1. The second kappa shape index (κ2) is 7.69. The van der Waals surface area contributed by atoms with Crippen LogP contribution < -0.4 is 5.32 Å². The molecule has 0 radical (unpaired) electrons. The lowest BCUT2D eigenvalue weighted by molar-refractivity contribution is -0.129. The summed E-state index contributed by atoms with van der Waals surface area (Å²) < 4.78 is 4.92. The molecule has 0 spiro atoms. The van der Waals surface area contributed by atoms with Crippen LogP contribution in [-0.2, 0) is 14.3 Å². The fraction of sp³-hybridized carbons (Fsp3) is 0.412. The Hall–Kier alpha value is -2.35. The van der Waals surface area contributed by atoms with Gasteiger partial charge in [-0.05, 0) is 37.6 Å². The van der Waals surface area contributed by atoms with Crippen LogP contribution in [0.2, 0.25) is 0 Å². The van der Waals surface area contributed by atoms with E-state index in [1.165, 1.54) is 11.8 Å². The van der Waals surface area contributed by atoms with E-state index in [1.807, 2.05) is 0 Å². The van der Waals surface area contributed by atoms with Crippen molar-refractivity contribution >= 4 is 40.4 Å². The molecule has 0 saturated carbocycles. The average molecular weight is 361 g/mol. The zero-order chi connectivity index (χ0) is 17.8. The molecule has 2 amide bonds. The number of benzene rings is 1. The molecule has 0 aromatic heterocycles. The summed E-state index contributed by atoms with van der Waals surface area (Å²) in [7, 11) is 0. The van der Waals surface area contributed by atoms with Gasteiger partial charge in [0.1, 0.15) is 5.25 Å². The minimum absolute atomic E-state index is 0.0602. The van der Waals surface area contributed by atoms with Gasteiger partial charge in [0.05, 0.1) is 12.2 Å². The van der Waals surface area contributed by atoms with Gasteiger partial charge in [0, 0.05) is 25.2 Å². The van der Waals surface area contributed by atoms with Gasteiger partial charge >= 0.3 is 5.97 Å². The molecule has 0 unspecified atom stereocenters. The fourth-order valence-electron chi connectivity index (χ4n) is 2.63. The molecule has 2 aliphatic rings. The van der Waals surface area contributed by atoms with Crippen LogP contribution in [0.3, 0.4) is 0 Å². The molecule has 0 aliphatic carbocycles. The molecule has 3 rings (SSSR count). The van der Waals surface area contributed by atoms with Crippen LogP contribution in [0.1, 0.15) is 30.1 Å². The molecule has 1 aromatic carbocycles. The van der Waals surface area contributed by atoms with Crippen molar-refractivity contribution in [3.05, 3.63) is 29.8 Å². The summed E-state index contributed by atoms with van der Waals surface area (Å²) in [6.07, 6.45) is 1.02. The number of esters is 1. The highest BCUT2D eigenvalue weighted by Gasteiger charge is 2.36. The minimum atomic E-state index is -0.495. The summed E-state index contributed by atoms with van der Waals surface area (Å²) in [5.41, 5.74) is 0.994. The Balaban J connectivity index is 1.63. The van der Waals surface area contributed by atoms with Crippen LogP contribution in [0.15, 0.2) is 29.3 Å². The molecule has 1 fully saturated rings. The van der Waals surface area contributed by atoms with E-state index in [4.69, 9.17) is 4.74 Å². The van der Waals surface area contributed by atoms with Crippen molar-refractivity contribution in [2.24, 2.45) is 4.99 Å². The van der Waals surface area contributed by atoms with E-state index in [0.29, 0.717) is 36.1 Å². The number of nitrogens with zero attached hydrogens (tertiary/aromatic N) is 2. The van der Waals surface area contributed by atoms with Crippen LogP contribution >= 0.6 is 11.8 Å². The Labute approximate surface area is 149 Å². The second-order valence-electron chi connectivity index (χ2n) is 5.66. The first-order valence-electron chi connectivity index (χ1n) is 8.18. The van der Waals surface area contributed by atoms with Crippen molar-refractivity contribution in [2.75, 3.05) is 25.0 Å². The number of ether oxygens (including phenoxy) is 1. The van der Waals surface area contributed by atoms with Gasteiger partial charge in [-0.2, -0.15) is 0 Å². The van der Waals surface area contributed by atoms with Gasteiger partial charge in [-0.25, -0.2) is 4.79 Å². The van der Waals surface area contributed by atoms with E-state index in [-0.39, 0.29) is 18.2 Å². The monoisotopic (exact) mass is 361 g/mol. The SMILES string of the molecule is CCOC(=O)c1ccc(NC(=O)[C@H]2CC(=O)N3CCCN=C3S2)cc1. The molecule has 0 bridgehead atoms. The van der Waals surface area contributed by atoms with Crippen LogP contribution in [0.4, 0.5) is 5.69 Å². The first-order chi connectivity index (χ1) is 12.1. The highest BCUT2D eigenvalue weighted by Crippen LogP contribution is 2.29. The van der Waals surface area contributed by atoms with Gasteiger partial charge in [-0.1, -0.05) is 11.8 Å². The molecule has 8 heteroatoms. The number of fused-ring (bicyclic) bond motifs is 1. The lowest BCUT2D eigenvalue weighted by atomic mass is 10.2. The van der Waals surface area contributed by atoms with E-state index >= 15 is 0 Å². The quantitative estimate of drug-likeness (QED) is 0.828. The number of amides is 2. The number of carbonyl (C=O) groups excluding carboxylic acids is 3. The van der Waals surface area contributed by atoms with E-state index in [2.05, 4.69) is 10.3 Å². The Morgan fingerprint density at radius 1 is 1.36 bits per heavy atom. The average Bonchev–Trinajstić information content (AvgIpc) is 2.62. The van der Waals surface area contributed by atoms with Crippen molar-refractivity contribution in [2.45, 2.75) is 25.0 Å². The molecule has 132 valence electrons. The predicted molar refractivity (Wildman–Crippen MR) is 95.7 cm³/mol. The zero-order valence-electron chi connectivity index (χ0n) is 13.9. The van der Waals surface area contributed by atoms with Crippen molar-refractivity contribution < 1.29 is 19.1 Å². The van der Waals surface area contributed by atoms with Crippen molar-refractivity contribution in [1.29, 1.82) is 0 Å². The number of hydrogen-bond acceptors (Lipinski definition) is 6. The number of carbonyl (C=O) groups is 3. The zero-order valence-corrected chi connectivity index (χ0v) is 14.7. The lowest BCUT2D eigenvalue weighted by Crippen LogP contribution is -2.47. The summed E-state index contributed by atoms with van der Waals surface area (Å²) >= 11 is 1.33. The molecule has 1 saturated heterocycles. The maximum atomic E-state index is 12.5. The van der Waals surface area contributed by atoms with E-state index in [0.717, 1.165) is 6.42 Å². The molecule has 1 atom stereocenters. The van der Waals surface area contributed by atoms with Gasteiger partial charge in [-0.15, -0.1) is 0 Å². The second-order valence-corrected chi connectivity index (χ2v) is 6.83. The highest BCUT2D eigenvalue weighted by molar-refractivity contribution is 8.15. The topological polar surface area (TPSA) is 88.1 Å². The van der Waals surface area contributed by atoms with Crippen LogP contribution in [0.25, 0.3) is 0 Å². The summed E-state index contributed by atoms with van der Waals surface area (Å²) in [6.45, 7) is 3.42. The van der Waals surface area contributed by atoms with E-state index < -0.39 is 11.2 Å². The largest absolute Gasteiger partial charge is 0.462 e. The van der Waals surface area contributed by atoms with Crippen molar-refractivity contribution in [1.82, 2.24) is 4.90 Å². The Morgan fingerprint density at radius 2 is 2.12 bits per heavy atom. The summed E-state index contributed by atoms with van der Waals surface area (Å²) in [5, 5.41) is 2.93. The minimum Gasteiger partial charge on any atom is -0.462 e. The molecule has 25 heavy (non-hydrogen) atoms. The van der Waals surface area contributed by atoms with E-state index in [1.54, 1.807) is 36.1 Å². The molecule has 2 aliphatic heterocycles. The molecular weight excluding hydrogens is 342 g/mol. The first-order valence-corrected chi connectivity index (χ1v) is 9.06. The molecular formula is C17H19N3O4S. The van der Waals surface area contributed by atoms with Crippen molar-refractivity contribution in [3.8, 4) is 0 Å². The first kappa shape index (κ1) is 17.5. The molecule has 2 heterocycles. The lowest BCUT2D eigenvalue weighted by Gasteiger charge is -2.33. The highest BCUT2D eigenvalue weighted by atomic mass is 32.2. The smallest absolute Gasteiger partial charge is 0.338 e. The third kappa shape index (κ3) is 4.01. The van der Waals surface area contributed by atoms with E-state index in [9.17, 15) is 14.4 Å². The third-order valence-electron chi connectivity index (χ3n) is 3.88. The van der Waals surface area contributed by atoms with Gasteiger partial charge in [0.2, 0.25) is 11.8 Å². The number of amidine groups is 1. The Kier molecular flexibility index (Phi) is 5.37. The van der Waals surface area contributed by atoms with Crippen LogP contribution in [0.5, 0.6) is 0 Å². The van der Waals surface area contributed by atoms with Gasteiger partial charge in [-0.3, -0.25) is 19.5 Å². The van der Waals surface area contributed by atoms with Gasteiger partial charge in [0.25, 0.3) is 0 Å². The summed E-state index contributed by atoms with van der Waals surface area (Å²) in [6, 6.07) is 6.48. The maximum Gasteiger partial charge on any atom is 0.338 e. The number of aliphatic imine (C=N–C) groups is 1. The third-order valence-corrected chi connectivity index (χ3v) is 5.11. The number of nitrogens with one attached hydrogen (secondary N) is 1. The summed E-state index contributed by atoms with van der Waals surface area (Å²) in [5.74, 6) is -0.700. The predicted octanol–water partition coefficient (Wildman–Crippen LogP) is 1.90. The standard InChI is InChI=1S/C17H19N3O4S/c1-2-24-16(23)11-4-6-12(7-5-11)19-15(22)13-10-14(21)20-9-3-8-18-17(20)25-13/h4-7,13H,2-3,8-10H2,1H3,(H,19,22)/t13-/m1/s1. The molecule has 1 aromatic rings. The summed E-state index contributed by atoms with van der Waals surface area (Å²) in [4.78, 5) is 42.3. The van der Waals surface area contributed by atoms with Crippen molar-refractivity contribution in [3.63, 3.8) is 0 Å². The fourth-order valence-corrected chi connectivity index (χ4v) is 3.76. The Morgan fingerprint density at radius 3 is 2.84 bits per heavy atom. The number of rotatable bonds is 4. The van der Waals surface area contributed by atoms with Gasteiger partial charge < -0.3 is 10.1 Å². The molecule has 1 N–H and O–H groups in total. The number of hydrogen-bond donors (Lipinski definition) is 1. The number of thioether (sulfide) groups is 1. The van der Waals surface area contributed by atoms with Crippen LogP contribution in [0, 0.1) is 0 Å². The van der Waals surface area contributed by atoms with Gasteiger partial charge in [0.15, 0.2) is 5.17 Å². The molecule has 7 nitrogen and oxygen atoms in total. The normalized spacial score (nSPS) is 19.7. The maximum absolute atomic E-state index is 12.5.